The molecule has 0 aromatic carbocycles. The van der Waals surface area contributed by atoms with Gasteiger partial charge in [-0.25, -0.2) is 0 Å². The summed E-state index contributed by atoms with van der Waals surface area (Å²) in [6, 6.07) is 0. The molecule has 0 aliphatic heterocycles. The lowest BCUT2D eigenvalue weighted by Crippen LogP contribution is -2.02. The Balaban J connectivity index is 0.000000606. The van der Waals surface area contributed by atoms with Gasteiger partial charge in [0.2, 0.25) is 0 Å². The average molecular weight is 221 g/mol. The van der Waals surface area contributed by atoms with E-state index in [1.807, 2.05) is 20.0 Å². The molecule has 0 bridgehead atoms. The van der Waals surface area contributed by atoms with Crippen molar-refractivity contribution in [1.82, 2.24) is 4.98 Å². The third-order valence-electron chi connectivity index (χ3n) is 3.12. The first kappa shape index (κ1) is 13.2. The number of hydrogen-bond acceptors (Lipinski definition) is 2. The van der Waals surface area contributed by atoms with E-state index in [0.717, 1.165) is 24.1 Å². The molecule has 0 spiro atoms. The summed E-state index contributed by atoms with van der Waals surface area (Å²) < 4.78 is 0. The molecule has 2 nitrogen and oxygen atoms in total. The summed E-state index contributed by atoms with van der Waals surface area (Å²) in [5.74, 6) is 0.487. The van der Waals surface area contributed by atoms with E-state index in [2.05, 4.69) is 25.8 Å². The highest BCUT2D eigenvalue weighted by Crippen LogP contribution is 2.35. The Kier molecular flexibility index (Phi) is 4.48. The molecule has 1 unspecified atom stereocenters. The molecule has 1 aromatic rings. The number of nitrogens with zero attached hydrogens (tertiary/aromatic N) is 1. The van der Waals surface area contributed by atoms with Gasteiger partial charge in [0.25, 0.3) is 0 Å². The van der Waals surface area contributed by atoms with E-state index in [1.165, 1.54) is 11.1 Å². The Labute approximate surface area is 98.7 Å². The molecule has 16 heavy (non-hydrogen) atoms. The zero-order valence-electron chi connectivity index (χ0n) is 11.0. The number of aryl methyl sites for hydroxylation is 1. The fraction of sp³-hybridized carbons (Fsp3) is 0.643. The van der Waals surface area contributed by atoms with Crippen LogP contribution in [0.15, 0.2) is 6.20 Å². The fourth-order valence-corrected chi connectivity index (χ4v) is 2.33. The van der Waals surface area contributed by atoms with E-state index >= 15 is 0 Å². The van der Waals surface area contributed by atoms with Crippen molar-refractivity contribution < 1.29 is 5.11 Å². The highest BCUT2D eigenvalue weighted by Gasteiger charge is 2.25. The third kappa shape index (κ3) is 2.27. The molecule has 1 aliphatic carbocycles. The van der Waals surface area contributed by atoms with Gasteiger partial charge in [-0.15, -0.1) is 0 Å². The number of pyridine rings is 1. The summed E-state index contributed by atoms with van der Waals surface area (Å²) in [6.45, 7) is 10.4. The topological polar surface area (TPSA) is 33.1 Å². The van der Waals surface area contributed by atoms with Crippen molar-refractivity contribution in [2.45, 2.75) is 59.5 Å². The van der Waals surface area contributed by atoms with Gasteiger partial charge in [-0.2, -0.15) is 0 Å². The van der Waals surface area contributed by atoms with Gasteiger partial charge in [0.05, 0.1) is 6.10 Å². The molecule has 1 aliphatic rings. The summed E-state index contributed by atoms with van der Waals surface area (Å²) in [4.78, 5) is 4.43. The van der Waals surface area contributed by atoms with Crippen LogP contribution in [0.2, 0.25) is 0 Å². The minimum absolute atomic E-state index is 0.281. The van der Waals surface area contributed by atoms with E-state index in [1.54, 1.807) is 0 Å². The van der Waals surface area contributed by atoms with Crippen LogP contribution in [0, 0.1) is 6.92 Å². The van der Waals surface area contributed by atoms with Crippen molar-refractivity contribution in [3.05, 3.63) is 28.6 Å². The Morgan fingerprint density at radius 3 is 2.56 bits per heavy atom. The molecular weight excluding hydrogens is 198 g/mol. The predicted octanol–water partition coefficient (Wildman–Crippen LogP) is 3.52. The molecule has 1 atom stereocenters. The molecule has 2 rings (SSSR count). The number of fused-ring (bicyclic) bond motifs is 1. The minimum atomic E-state index is -0.281. The zero-order valence-corrected chi connectivity index (χ0v) is 11.0. The fourth-order valence-electron chi connectivity index (χ4n) is 2.33. The van der Waals surface area contributed by atoms with Gasteiger partial charge in [-0.1, -0.05) is 27.7 Å². The summed E-state index contributed by atoms with van der Waals surface area (Å²) in [7, 11) is 0. The lowest BCUT2D eigenvalue weighted by molar-refractivity contribution is 0.179. The number of aliphatic hydroxyl groups excluding tert-OH is 1. The maximum absolute atomic E-state index is 9.83. The normalized spacial score (nSPS) is 18.1. The van der Waals surface area contributed by atoms with Crippen LogP contribution in [0.5, 0.6) is 0 Å². The Morgan fingerprint density at radius 1 is 1.38 bits per heavy atom. The van der Waals surface area contributed by atoms with Crippen molar-refractivity contribution in [3.8, 4) is 0 Å². The van der Waals surface area contributed by atoms with Crippen molar-refractivity contribution in [1.29, 1.82) is 0 Å². The van der Waals surface area contributed by atoms with Gasteiger partial charge in [0, 0.05) is 17.5 Å². The summed E-state index contributed by atoms with van der Waals surface area (Å²) in [5.41, 5.74) is 4.70. The number of aromatic nitrogens is 1. The first-order valence-corrected chi connectivity index (χ1v) is 6.27. The summed E-state index contributed by atoms with van der Waals surface area (Å²) in [5, 5.41) is 9.83. The van der Waals surface area contributed by atoms with Crippen molar-refractivity contribution in [3.63, 3.8) is 0 Å². The minimum Gasteiger partial charge on any atom is -0.388 e. The molecule has 0 saturated heterocycles. The molecule has 0 amide bonds. The maximum Gasteiger partial charge on any atom is 0.0814 e. The first-order valence-electron chi connectivity index (χ1n) is 6.27. The molecule has 0 radical (unpaired) electrons. The van der Waals surface area contributed by atoms with Crippen LogP contribution in [-0.2, 0) is 6.42 Å². The Hall–Kier alpha value is -0.890. The van der Waals surface area contributed by atoms with E-state index in [0.29, 0.717) is 5.92 Å². The SMILES string of the molecule is CC.Cc1c(C(C)C)cnc2c1C(O)CC2. The van der Waals surface area contributed by atoms with Gasteiger partial charge >= 0.3 is 0 Å². The van der Waals surface area contributed by atoms with Gasteiger partial charge in [0.15, 0.2) is 0 Å². The van der Waals surface area contributed by atoms with Crippen LogP contribution >= 0.6 is 0 Å². The average Bonchev–Trinajstić information content (AvgIpc) is 2.64. The van der Waals surface area contributed by atoms with E-state index < -0.39 is 0 Å². The Morgan fingerprint density at radius 2 is 2.00 bits per heavy atom. The number of aliphatic hydroxyl groups is 1. The number of hydrogen-bond donors (Lipinski definition) is 1. The molecule has 2 heteroatoms. The second-order valence-corrected chi connectivity index (χ2v) is 4.41. The van der Waals surface area contributed by atoms with Crippen molar-refractivity contribution in [2.75, 3.05) is 0 Å². The molecule has 1 heterocycles. The van der Waals surface area contributed by atoms with Gasteiger partial charge in [0.1, 0.15) is 0 Å². The second kappa shape index (κ2) is 5.44. The highest BCUT2D eigenvalue weighted by atomic mass is 16.3. The van der Waals surface area contributed by atoms with E-state index in [-0.39, 0.29) is 6.10 Å². The molecule has 90 valence electrons. The monoisotopic (exact) mass is 221 g/mol. The predicted molar refractivity (Wildman–Crippen MR) is 67.7 cm³/mol. The van der Waals surface area contributed by atoms with Crippen LogP contribution in [0.4, 0.5) is 0 Å². The van der Waals surface area contributed by atoms with Crippen LogP contribution in [0.25, 0.3) is 0 Å². The van der Waals surface area contributed by atoms with E-state index in [4.69, 9.17) is 0 Å². The summed E-state index contributed by atoms with van der Waals surface area (Å²) in [6.07, 6.45) is 3.45. The van der Waals surface area contributed by atoms with Crippen LogP contribution in [-0.4, -0.2) is 10.1 Å². The smallest absolute Gasteiger partial charge is 0.0814 e. The maximum atomic E-state index is 9.83. The third-order valence-corrected chi connectivity index (χ3v) is 3.12. The van der Waals surface area contributed by atoms with Crippen molar-refractivity contribution in [2.24, 2.45) is 0 Å². The molecular formula is C14H23NO. The Bertz CT molecular complexity index is 358. The molecule has 1 aromatic heterocycles. The molecule has 1 N–H and O–H groups in total. The zero-order chi connectivity index (χ0) is 12.3. The van der Waals surface area contributed by atoms with E-state index in [9.17, 15) is 5.11 Å². The van der Waals surface area contributed by atoms with Crippen LogP contribution < -0.4 is 0 Å². The quantitative estimate of drug-likeness (QED) is 0.787. The van der Waals surface area contributed by atoms with Gasteiger partial charge in [-0.3, -0.25) is 4.98 Å². The first-order chi connectivity index (χ1) is 7.61. The van der Waals surface area contributed by atoms with Crippen LogP contribution in [0.3, 0.4) is 0 Å². The molecule has 0 fully saturated rings. The molecule has 0 saturated carbocycles. The van der Waals surface area contributed by atoms with Crippen molar-refractivity contribution >= 4 is 0 Å². The lowest BCUT2D eigenvalue weighted by atomic mass is 9.95. The van der Waals surface area contributed by atoms with Gasteiger partial charge in [-0.05, 0) is 36.8 Å². The van der Waals surface area contributed by atoms with Crippen LogP contribution in [0.1, 0.15) is 68.5 Å². The standard InChI is InChI=1S/C12H17NO.C2H6/c1-7(2)9-6-13-10-4-5-11(14)12(10)8(9)3;1-2/h6-7,11,14H,4-5H2,1-3H3;1-2H3. The largest absolute Gasteiger partial charge is 0.388 e. The summed E-state index contributed by atoms with van der Waals surface area (Å²) >= 11 is 0. The highest BCUT2D eigenvalue weighted by molar-refractivity contribution is 5.41. The lowest BCUT2D eigenvalue weighted by Gasteiger charge is -2.14. The van der Waals surface area contributed by atoms with Gasteiger partial charge < -0.3 is 5.11 Å². The number of rotatable bonds is 1. The second-order valence-electron chi connectivity index (χ2n) is 4.41.